The molecule has 1 aliphatic heterocycles. The van der Waals surface area contributed by atoms with Crippen LogP contribution in [0.3, 0.4) is 0 Å². The van der Waals surface area contributed by atoms with Gasteiger partial charge in [-0.25, -0.2) is 9.18 Å². The number of hydrogen-bond acceptors (Lipinski definition) is 7. The molecule has 0 spiro atoms. The number of halogens is 2. The summed E-state index contributed by atoms with van der Waals surface area (Å²) in [4.78, 5) is 23.0. The highest BCUT2D eigenvalue weighted by molar-refractivity contribution is 8.13. The molecule has 9 nitrogen and oxygen atoms in total. The Morgan fingerprint density at radius 3 is 2.74 bits per heavy atom. The van der Waals surface area contributed by atoms with Crippen LogP contribution >= 0.6 is 23.4 Å². The van der Waals surface area contributed by atoms with Crippen molar-refractivity contribution >= 4 is 39.6 Å². The van der Waals surface area contributed by atoms with Gasteiger partial charge in [-0.2, -0.15) is 4.98 Å². The molecule has 2 aromatic heterocycles. The number of thioether (sulfide) groups is 1. The summed E-state index contributed by atoms with van der Waals surface area (Å²) < 4.78 is 16.7. The average Bonchev–Trinajstić information content (AvgIpc) is 3.43. The van der Waals surface area contributed by atoms with Gasteiger partial charge in [0.2, 0.25) is 0 Å². The number of rotatable bonds is 13. The number of amidine groups is 1. The van der Waals surface area contributed by atoms with Crippen molar-refractivity contribution in [1.29, 1.82) is 5.41 Å². The molecular formula is C34H43ClFN7O2S. The van der Waals surface area contributed by atoms with Crippen LogP contribution in [0.25, 0.3) is 28.0 Å². The Labute approximate surface area is 278 Å². The zero-order valence-electron chi connectivity index (χ0n) is 26.1. The quantitative estimate of drug-likeness (QED) is 0.0653. The molecule has 1 fully saturated rings. The molecule has 3 atom stereocenters. The number of nitrogens with two attached hydrogens (primary N) is 2. The normalized spacial score (nSPS) is 17.8. The highest BCUT2D eigenvalue weighted by Gasteiger charge is 2.31. The number of aliphatic hydroxyl groups is 1. The summed E-state index contributed by atoms with van der Waals surface area (Å²) in [6, 6.07) is 13.8. The molecule has 1 saturated heterocycles. The molecule has 246 valence electrons. The molecule has 0 bridgehead atoms. The van der Waals surface area contributed by atoms with Gasteiger partial charge >= 0.3 is 5.69 Å². The van der Waals surface area contributed by atoms with E-state index in [9.17, 15) is 9.90 Å². The molecule has 0 radical (unpaired) electrons. The summed E-state index contributed by atoms with van der Waals surface area (Å²) >= 11 is 7.63. The lowest BCUT2D eigenvalue weighted by molar-refractivity contribution is 0.0654. The standard InChI is InChI=1S/C34H43ClFN7O2S/c1-21(37)5-2-6-22-17-27(31(36)28(35)18-22)29-19-24-20-43(34(45)41-32(24)40-29)26-11-9-23(10-12-26)30-8-3-7-25(13-15-44)42(30)14-4-16-46-33(38)39/h9-12,17-21,25,30,44H,2-8,13-16,37H2,1H3,(H3,38,39)(H,40,41,45)/t21-,25-,30-/m0/s1. The van der Waals surface area contributed by atoms with Gasteiger partial charge < -0.3 is 21.6 Å². The molecule has 0 aliphatic carbocycles. The summed E-state index contributed by atoms with van der Waals surface area (Å²) in [5.41, 5.74) is 14.9. The topological polar surface area (TPSA) is 150 Å². The SMILES string of the molecule is C[C@H](N)CCCc1cc(Cl)c(F)c(-c2cc3cn(-c4ccc([C@@H]5CCC[C@@H](CCO)N5CCCSC(=N)N)cc4)c(=O)nc3[nH]2)c1. The summed E-state index contributed by atoms with van der Waals surface area (Å²) in [6.45, 7) is 2.97. The Morgan fingerprint density at radius 2 is 2.02 bits per heavy atom. The van der Waals surface area contributed by atoms with Gasteiger partial charge in [0.1, 0.15) is 5.65 Å². The van der Waals surface area contributed by atoms with Crippen LogP contribution < -0.4 is 17.2 Å². The van der Waals surface area contributed by atoms with Crippen molar-refractivity contribution in [1.82, 2.24) is 19.4 Å². The van der Waals surface area contributed by atoms with E-state index < -0.39 is 11.5 Å². The van der Waals surface area contributed by atoms with Crippen molar-refractivity contribution in [3.05, 3.63) is 81.1 Å². The lowest BCUT2D eigenvalue weighted by atomic mass is 9.89. The van der Waals surface area contributed by atoms with Crippen molar-refractivity contribution in [2.45, 2.75) is 76.4 Å². The number of piperidine rings is 1. The summed E-state index contributed by atoms with van der Waals surface area (Å²) in [5, 5.41) is 18.0. The van der Waals surface area contributed by atoms with Crippen LogP contribution in [0.5, 0.6) is 0 Å². The number of fused-ring (bicyclic) bond motifs is 1. The second kappa shape index (κ2) is 15.6. The van der Waals surface area contributed by atoms with Crippen molar-refractivity contribution in [3.63, 3.8) is 0 Å². The molecule has 5 rings (SSSR count). The highest BCUT2D eigenvalue weighted by Crippen LogP contribution is 2.36. The Morgan fingerprint density at radius 1 is 1.24 bits per heavy atom. The Balaban J connectivity index is 1.38. The molecular weight excluding hydrogens is 625 g/mol. The zero-order chi connectivity index (χ0) is 32.8. The predicted molar refractivity (Wildman–Crippen MR) is 186 cm³/mol. The summed E-state index contributed by atoms with van der Waals surface area (Å²) in [6.07, 6.45) is 8.93. The molecule has 4 aromatic rings. The van der Waals surface area contributed by atoms with E-state index in [-0.39, 0.29) is 34.9 Å². The first kappa shape index (κ1) is 34.1. The third-order valence-electron chi connectivity index (χ3n) is 8.73. The number of aromatic amines is 1. The number of nitrogens with zero attached hydrogens (tertiary/aromatic N) is 3. The number of hydrogen-bond donors (Lipinski definition) is 5. The minimum absolute atomic E-state index is 0.0498. The minimum Gasteiger partial charge on any atom is -0.396 e. The van der Waals surface area contributed by atoms with E-state index in [1.165, 1.54) is 16.3 Å². The maximum atomic E-state index is 15.2. The average molecular weight is 668 g/mol. The number of nitrogens with one attached hydrogen (secondary N) is 2. The molecule has 46 heavy (non-hydrogen) atoms. The monoisotopic (exact) mass is 667 g/mol. The van der Waals surface area contributed by atoms with Gasteiger partial charge in [0, 0.05) is 47.6 Å². The van der Waals surface area contributed by atoms with Gasteiger partial charge in [0.15, 0.2) is 11.0 Å². The van der Waals surface area contributed by atoms with Gasteiger partial charge in [0.05, 0.1) is 16.4 Å². The van der Waals surface area contributed by atoms with Crippen LogP contribution in [-0.2, 0) is 6.42 Å². The third-order valence-corrected chi connectivity index (χ3v) is 9.81. The second-order valence-electron chi connectivity index (χ2n) is 12.2. The van der Waals surface area contributed by atoms with Crippen LogP contribution in [0.15, 0.2) is 53.5 Å². The molecule has 12 heteroatoms. The largest absolute Gasteiger partial charge is 0.396 e. The zero-order valence-corrected chi connectivity index (χ0v) is 27.7. The fraction of sp³-hybridized carbons (Fsp3) is 0.441. The van der Waals surface area contributed by atoms with Gasteiger partial charge in [-0.05, 0) is 106 Å². The van der Waals surface area contributed by atoms with E-state index in [1.807, 2.05) is 19.1 Å². The molecule has 3 heterocycles. The van der Waals surface area contributed by atoms with Crippen LogP contribution in [0.4, 0.5) is 4.39 Å². The lowest BCUT2D eigenvalue weighted by Gasteiger charge is -2.42. The summed E-state index contributed by atoms with van der Waals surface area (Å²) in [5.74, 6) is 0.257. The molecule has 0 unspecified atom stereocenters. The number of aromatic nitrogens is 3. The van der Waals surface area contributed by atoms with Crippen LogP contribution in [0.2, 0.25) is 5.02 Å². The molecule has 7 N–H and O–H groups in total. The first-order valence-corrected chi connectivity index (χ1v) is 17.3. The lowest BCUT2D eigenvalue weighted by Crippen LogP contribution is -2.43. The fourth-order valence-electron chi connectivity index (χ4n) is 6.51. The maximum Gasteiger partial charge on any atom is 0.354 e. The third kappa shape index (κ3) is 8.19. The van der Waals surface area contributed by atoms with Crippen molar-refractivity contribution in [3.8, 4) is 16.9 Å². The smallest absolute Gasteiger partial charge is 0.354 e. The molecule has 2 aromatic carbocycles. The van der Waals surface area contributed by atoms with Crippen molar-refractivity contribution in [2.24, 2.45) is 11.5 Å². The summed E-state index contributed by atoms with van der Waals surface area (Å²) in [7, 11) is 0. The number of aryl methyl sites for hydroxylation is 1. The Bertz CT molecular complexity index is 1710. The number of aliphatic hydroxyl groups excluding tert-OH is 1. The van der Waals surface area contributed by atoms with E-state index in [1.54, 1.807) is 24.4 Å². The Hall–Kier alpha value is -3.22. The van der Waals surface area contributed by atoms with Crippen LogP contribution in [0.1, 0.15) is 69.0 Å². The van der Waals surface area contributed by atoms with Gasteiger partial charge in [-0.15, -0.1) is 0 Å². The minimum atomic E-state index is -0.523. The van der Waals surface area contributed by atoms with Gasteiger partial charge in [-0.3, -0.25) is 14.9 Å². The number of H-pyrrole nitrogens is 1. The van der Waals surface area contributed by atoms with Crippen molar-refractivity contribution in [2.75, 3.05) is 18.9 Å². The molecule has 0 amide bonds. The van der Waals surface area contributed by atoms with E-state index in [0.29, 0.717) is 28.0 Å². The molecule has 0 saturated carbocycles. The van der Waals surface area contributed by atoms with E-state index >= 15 is 4.39 Å². The maximum absolute atomic E-state index is 15.2. The van der Waals surface area contributed by atoms with Gasteiger partial charge in [0.25, 0.3) is 0 Å². The highest BCUT2D eigenvalue weighted by atomic mass is 35.5. The van der Waals surface area contributed by atoms with E-state index in [4.69, 9.17) is 28.5 Å². The van der Waals surface area contributed by atoms with Crippen LogP contribution in [-0.4, -0.2) is 60.7 Å². The number of likely N-dealkylation sites (tertiary alicyclic amines) is 1. The first-order valence-electron chi connectivity index (χ1n) is 15.9. The second-order valence-corrected chi connectivity index (χ2v) is 13.7. The van der Waals surface area contributed by atoms with Crippen LogP contribution in [0, 0.1) is 11.2 Å². The van der Waals surface area contributed by atoms with Gasteiger partial charge in [-0.1, -0.05) is 35.5 Å². The fourth-order valence-corrected chi connectivity index (χ4v) is 7.25. The molecule has 1 aliphatic rings. The van der Waals surface area contributed by atoms with E-state index in [2.05, 4.69) is 27.0 Å². The Kier molecular flexibility index (Phi) is 11.6. The first-order chi connectivity index (χ1) is 22.1. The van der Waals surface area contributed by atoms with E-state index in [0.717, 1.165) is 74.8 Å². The van der Waals surface area contributed by atoms with Crippen molar-refractivity contribution < 1.29 is 9.50 Å². The predicted octanol–water partition coefficient (Wildman–Crippen LogP) is 6.14. The number of benzene rings is 2.